The van der Waals surface area contributed by atoms with Gasteiger partial charge in [0.2, 0.25) is 0 Å². The van der Waals surface area contributed by atoms with Crippen LogP contribution in [0.2, 0.25) is 5.02 Å². The number of para-hydroxylation sites is 1. The molecule has 0 fully saturated rings. The zero-order valence-electron chi connectivity index (χ0n) is 13.1. The summed E-state index contributed by atoms with van der Waals surface area (Å²) in [5.41, 5.74) is 4.18. The van der Waals surface area contributed by atoms with Crippen LogP contribution in [0.5, 0.6) is 0 Å². The Morgan fingerprint density at radius 1 is 1.12 bits per heavy atom. The minimum Gasteiger partial charge on any atom is -0.396 e. The maximum absolute atomic E-state index is 13.3. The van der Waals surface area contributed by atoms with E-state index in [1.165, 1.54) is 18.2 Å². The molecular weight excluding hydrogens is 369 g/mol. The summed E-state index contributed by atoms with van der Waals surface area (Å²) < 4.78 is 40.5. The molecule has 3 aromatic rings. The van der Waals surface area contributed by atoms with Gasteiger partial charge in [-0.05, 0) is 36.4 Å². The Labute approximate surface area is 151 Å². The average Bonchev–Trinajstić information content (AvgIpc) is 2.98. The third kappa shape index (κ3) is 3.50. The first-order valence-electron chi connectivity index (χ1n) is 7.34. The summed E-state index contributed by atoms with van der Waals surface area (Å²) in [6, 6.07) is 12.1. The maximum Gasteiger partial charge on any atom is 0.435 e. The van der Waals surface area contributed by atoms with Crippen LogP contribution < -0.4 is 11.1 Å². The number of nitrogens with two attached hydrogens (primary N) is 1. The smallest absolute Gasteiger partial charge is 0.396 e. The van der Waals surface area contributed by atoms with Crippen LogP contribution in [0.25, 0.3) is 5.69 Å². The second-order valence-corrected chi connectivity index (χ2v) is 5.77. The van der Waals surface area contributed by atoms with Gasteiger partial charge in [0.15, 0.2) is 5.69 Å². The number of hydrogen-bond acceptors (Lipinski definition) is 3. The van der Waals surface area contributed by atoms with Crippen LogP contribution in [0.15, 0.2) is 54.7 Å². The first-order valence-corrected chi connectivity index (χ1v) is 7.72. The number of nitrogens with zero attached hydrogens (tertiary/aromatic N) is 2. The SMILES string of the molecule is Nc1cnn(-c2ccccc2C(=O)Nc2ccc(Cl)cc2)c1C(F)(F)F. The zero-order valence-corrected chi connectivity index (χ0v) is 13.8. The van der Waals surface area contributed by atoms with Crippen LogP contribution in [-0.4, -0.2) is 15.7 Å². The Kier molecular flexibility index (Phi) is 4.60. The molecule has 0 aliphatic rings. The number of carbonyl (C=O) groups is 1. The van der Waals surface area contributed by atoms with E-state index in [2.05, 4.69) is 10.4 Å². The zero-order chi connectivity index (χ0) is 18.9. The van der Waals surface area contributed by atoms with Crippen molar-refractivity contribution in [1.29, 1.82) is 0 Å². The Morgan fingerprint density at radius 3 is 2.42 bits per heavy atom. The van der Waals surface area contributed by atoms with Gasteiger partial charge in [0, 0.05) is 10.7 Å². The highest BCUT2D eigenvalue weighted by Crippen LogP contribution is 2.35. The topological polar surface area (TPSA) is 72.9 Å². The fraction of sp³-hybridized carbons (Fsp3) is 0.0588. The third-order valence-corrected chi connectivity index (χ3v) is 3.80. The molecule has 0 spiro atoms. The summed E-state index contributed by atoms with van der Waals surface area (Å²) in [5.74, 6) is -0.592. The van der Waals surface area contributed by atoms with Gasteiger partial charge in [-0.15, -0.1) is 0 Å². The average molecular weight is 381 g/mol. The van der Waals surface area contributed by atoms with Crippen LogP contribution in [0, 0.1) is 0 Å². The second kappa shape index (κ2) is 6.72. The summed E-state index contributed by atoms with van der Waals surface area (Å²) >= 11 is 5.79. The maximum atomic E-state index is 13.3. The van der Waals surface area contributed by atoms with Gasteiger partial charge >= 0.3 is 6.18 Å². The first kappa shape index (κ1) is 17.8. The van der Waals surface area contributed by atoms with Gasteiger partial charge in [-0.2, -0.15) is 18.3 Å². The van der Waals surface area contributed by atoms with Gasteiger partial charge in [0.05, 0.1) is 23.1 Å². The summed E-state index contributed by atoms with van der Waals surface area (Å²) in [6.45, 7) is 0. The standard InChI is InChI=1S/C17H12ClF3N4O/c18-10-5-7-11(8-6-10)24-16(26)12-3-1-2-4-14(12)25-15(17(19,20)21)13(22)9-23-25/h1-9H,22H2,(H,24,26). The number of nitrogen functional groups attached to an aromatic ring is 1. The van der Waals surface area contributed by atoms with E-state index in [1.54, 1.807) is 30.3 Å². The third-order valence-electron chi connectivity index (χ3n) is 3.54. The first-order chi connectivity index (χ1) is 12.3. The van der Waals surface area contributed by atoms with E-state index in [9.17, 15) is 18.0 Å². The predicted octanol–water partition coefficient (Wildman–Crippen LogP) is 4.38. The lowest BCUT2D eigenvalue weighted by Gasteiger charge is -2.14. The molecule has 1 amide bonds. The van der Waals surface area contributed by atoms with Crippen LogP contribution in [0.1, 0.15) is 16.1 Å². The molecule has 3 rings (SSSR count). The van der Waals surface area contributed by atoms with E-state index in [4.69, 9.17) is 17.3 Å². The van der Waals surface area contributed by atoms with E-state index in [0.29, 0.717) is 15.4 Å². The van der Waals surface area contributed by atoms with Crippen LogP contribution in [0.4, 0.5) is 24.5 Å². The minimum absolute atomic E-state index is 0.0102. The van der Waals surface area contributed by atoms with Crippen LogP contribution in [-0.2, 0) is 6.18 Å². The lowest BCUT2D eigenvalue weighted by molar-refractivity contribution is -0.142. The Hall–Kier alpha value is -3.00. The molecule has 0 saturated heterocycles. The second-order valence-electron chi connectivity index (χ2n) is 5.34. The molecule has 0 aliphatic heterocycles. The fourth-order valence-electron chi connectivity index (χ4n) is 2.41. The van der Waals surface area contributed by atoms with Gasteiger partial charge in [0.1, 0.15) is 0 Å². The molecule has 134 valence electrons. The van der Waals surface area contributed by atoms with Crippen LogP contribution in [0.3, 0.4) is 0 Å². The minimum atomic E-state index is -4.72. The molecule has 5 nitrogen and oxygen atoms in total. The van der Waals surface area contributed by atoms with Crippen molar-refractivity contribution in [1.82, 2.24) is 9.78 Å². The quantitative estimate of drug-likeness (QED) is 0.708. The number of halogens is 4. The largest absolute Gasteiger partial charge is 0.435 e. The molecule has 1 heterocycles. The van der Waals surface area contributed by atoms with Gasteiger partial charge in [-0.1, -0.05) is 23.7 Å². The molecule has 0 aliphatic carbocycles. The number of carbonyl (C=O) groups excluding carboxylic acids is 1. The Morgan fingerprint density at radius 2 is 1.77 bits per heavy atom. The highest BCUT2D eigenvalue weighted by Gasteiger charge is 2.38. The number of benzene rings is 2. The molecule has 0 unspecified atom stereocenters. The number of nitrogens with one attached hydrogen (secondary N) is 1. The number of amides is 1. The number of anilines is 2. The Balaban J connectivity index is 2.02. The van der Waals surface area contributed by atoms with Crippen LogP contribution >= 0.6 is 11.6 Å². The molecule has 3 N–H and O–H groups in total. The van der Waals surface area contributed by atoms with Crippen molar-refractivity contribution in [2.24, 2.45) is 0 Å². The van der Waals surface area contributed by atoms with Gasteiger partial charge in [0.25, 0.3) is 5.91 Å². The number of alkyl halides is 3. The van der Waals surface area contributed by atoms with E-state index in [-0.39, 0.29) is 11.3 Å². The van der Waals surface area contributed by atoms with Gasteiger partial charge in [-0.3, -0.25) is 4.79 Å². The van der Waals surface area contributed by atoms with Crippen molar-refractivity contribution in [3.8, 4) is 5.69 Å². The van der Waals surface area contributed by atoms with E-state index in [1.807, 2.05) is 0 Å². The normalized spacial score (nSPS) is 11.4. The molecule has 26 heavy (non-hydrogen) atoms. The van der Waals surface area contributed by atoms with E-state index >= 15 is 0 Å². The molecule has 0 saturated carbocycles. The molecule has 1 aromatic heterocycles. The lowest BCUT2D eigenvalue weighted by atomic mass is 10.1. The van der Waals surface area contributed by atoms with Crippen molar-refractivity contribution in [2.75, 3.05) is 11.1 Å². The molecular formula is C17H12ClF3N4O. The van der Waals surface area contributed by atoms with Crippen molar-refractivity contribution in [3.05, 3.63) is 71.0 Å². The molecule has 9 heteroatoms. The highest BCUT2D eigenvalue weighted by atomic mass is 35.5. The highest BCUT2D eigenvalue weighted by molar-refractivity contribution is 6.30. The number of hydrogen-bond donors (Lipinski definition) is 2. The van der Waals surface area contributed by atoms with Crippen molar-refractivity contribution in [2.45, 2.75) is 6.18 Å². The lowest BCUT2D eigenvalue weighted by Crippen LogP contribution is -2.19. The summed E-state index contributed by atoms with van der Waals surface area (Å²) in [4.78, 5) is 12.6. The number of rotatable bonds is 3. The monoisotopic (exact) mass is 380 g/mol. The molecule has 0 atom stereocenters. The number of aromatic nitrogens is 2. The van der Waals surface area contributed by atoms with Gasteiger partial charge < -0.3 is 11.1 Å². The predicted molar refractivity (Wildman–Crippen MR) is 92.4 cm³/mol. The van der Waals surface area contributed by atoms with Crippen molar-refractivity contribution < 1.29 is 18.0 Å². The molecule has 0 radical (unpaired) electrons. The van der Waals surface area contributed by atoms with E-state index in [0.717, 1.165) is 6.20 Å². The van der Waals surface area contributed by atoms with Crippen molar-refractivity contribution >= 4 is 28.9 Å². The van der Waals surface area contributed by atoms with Crippen molar-refractivity contribution in [3.63, 3.8) is 0 Å². The summed E-state index contributed by atoms with van der Waals surface area (Å²) in [7, 11) is 0. The van der Waals surface area contributed by atoms with E-state index < -0.39 is 23.5 Å². The molecule has 0 bridgehead atoms. The summed E-state index contributed by atoms with van der Waals surface area (Å²) in [5, 5.41) is 6.79. The van der Waals surface area contributed by atoms with Gasteiger partial charge in [-0.25, -0.2) is 4.68 Å². The fourth-order valence-corrected chi connectivity index (χ4v) is 2.54. The Bertz CT molecular complexity index is 951. The molecule has 2 aromatic carbocycles. The summed E-state index contributed by atoms with van der Waals surface area (Å²) in [6.07, 6.45) is -3.82.